The van der Waals surface area contributed by atoms with Crippen molar-refractivity contribution in [2.45, 2.75) is 32.7 Å². The highest BCUT2D eigenvalue weighted by atomic mass is 19.1. The third-order valence-corrected chi connectivity index (χ3v) is 2.43. The van der Waals surface area contributed by atoms with E-state index < -0.39 is 16.4 Å². The minimum atomic E-state index is -0.928. The molecule has 0 heterocycles. The average molecular weight is 283 g/mol. The summed E-state index contributed by atoms with van der Waals surface area (Å²) < 4.78 is 13.1. The van der Waals surface area contributed by atoms with E-state index in [0.717, 1.165) is 12.1 Å². The molecule has 1 amide bonds. The molecule has 0 radical (unpaired) electrons. The molecule has 0 fully saturated rings. The molecule has 110 valence electrons. The molecular formula is C13H18FN3O3. The summed E-state index contributed by atoms with van der Waals surface area (Å²) in [5.41, 5.74) is -0.538. The number of nitro groups is 1. The third-order valence-electron chi connectivity index (χ3n) is 2.43. The first-order valence-electron chi connectivity index (χ1n) is 6.18. The van der Waals surface area contributed by atoms with Crippen molar-refractivity contribution in [1.82, 2.24) is 5.32 Å². The standard InChI is InChI=1S/C13H18FN3O3/c1-13(2,3)15-7-6-12(18)16-9-4-5-10(14)11(8-9)17(19)20/h4-5,8,15H,6-7H2,1-3H3,(H,16,18). The van der Waals surface area contributed by atoms with Gasteiger partial charge in [0.25, 0.3) is 0 Å². The fourth-order valence-corrected chi connectivity index (χ4v) is 1.50. The Kier molecular flexibility index (Phi) is 5.15. The molecule has 1 rings (SSSR count). The molecular weight excluding hydrogens is 265 g/mol. The van der Waals surface area contributed by atoms with Crippen LogP contribution in [0.15, 0.2) is 18.2 Å². The van der Waals surface area contributed by atoms with Gasteiger partial charge in [-0.25, -0.2) is 0 Å². The predicted octanol–water partition coefficient (Wildman–Crippen LogP) is 2.45. The van der Waals surface area contributed by atoms with Gasteiger partial charge in [0.15, 0.2) is 0 Å². The van der Waals surface area contributed by atoms with Crippen LogP contribution in [0.5, 0.6) is 0 Å². The van der Waals surface area contributed by atoms with Gasteiger partial charge in [-0.05, 0) is 32.9 Å². The normalized spacial score (nSPS) is 11.2. The van der Waals surface area contributed by atoms with Crippen LogP contribution in [0.3, 0.4) is 0 Å². The van der Waals surface area contributed by atoms with Crippen molar-refractivity contribution in [1.29, 1.82) is 0 Å². The molecule has 6 nitrogen and oxygen atoms in total. The Balaban J connectivity index is 2.58. The Morgan fingerprint density at radius 3 is 2.60 bits per heavy atom. The quantitative estimate of drug-likeness (QED) is 0.642. The highest BCUT2D eigenvalue weighted by Gasteiger charge is 2.15. The van der Waals surface area contributed by atoms with Crippen LogP contribution in [0.2, 0.25) is 0 Å². The Morgan fingerprint density at radius 1 is 1.40 bits per heavy atom. The summed E-state index contributed by atoms with van der Waals surface area (Å²) in [7, 11) is 0. The number of amides is 1. The van der Waals surface area contributed by atoms with E-state index in [2.05, 4.69) is 10.6 Å². The smallest absolute Gasteiger partial charge is 0.306 e. The lowest BCUT2D eigenvalue weighted by Gasteiger charge is -2.20. The number of rotatable bonds is 5. The van der Waals surface area contributed by atoms with Crippen LogP contribution in [-0.2, 0) is 4.79 Å². The molecule has 0 spiro atoms. The summed E-state index contributed by atoms with van der Waals surface area (Å²) in [5.74, 6) is -1.22. The van der Waals surface area contributed by atoms with Gasteiger partial charge in [0.1, 0.15) is 0 Å². The molecule has 1 aromatic rings. The van der Waals surface area contributed by atoms with Gasteiger partial charge in [-0.3, -0.25) is 14.9 Å². The van der Waals surface area contributed by atoms with Gasteiger partial charge in [-0.2, -0.15) is 4.39 Å². The van der Waals surface area contributed by atoms with E-state index in [9.17, 15) is 19.3 Å². The highest BCUT2D eigenvalue weighted by molar-refractivity contribution is 5.91. The fourth-order valence-electron chi connectivity index (χ4n) is 1.50. The zero-order chi connectivity index (χ0) is 15.3. The number of carbonyl (C=O) groups is 1. The van der Waals surface area contributed by atoms with Gasteiger partial charge in [0.05, 0.1) is 4.92 Å². The number of halogens is 1. The van der Waals surface area contributed by atoms with Crippen LogP contribution in [0, 0.1) is 15.9 Å². The predicted molar refractivity (Wildman–Crippen MR) is 74.1 cm³/mol. The molecule has 2 N–H and O–H groups in total. The second kappa shape index (κ2) is 6.42. The van der Waals surface area contributed by atoms with Crippen LogP contribution in [0.1, 0.15) is 27.2 Å². The third kappa shape index (κ3) is 5.31. The van der Waals surface area contributed by atoms with E-state index in [0.29, 0.717) is 6.54 Å². The largest absolute Gasteiger partial charge is 0.326 e. The topological polar surface area (TPSA) is 84.3 Å². The Labute approximate surface area is 116 Å². The van der Waals surface area contributed by atoms with Crippen molar-refractivity contribution in [2.24, 2.45) is 0 Å². The molecule has 0 atom stereocenters. The molecule has 0 bridgehead atoms. The zero-order valence-corrected chi connectivity index (χ0v) is 11.7. The van der Waals surface area contributed by atoms with Gasteiger partial charge < -0.3 is 10.6 Å². The maximum atomic E-state index is 13.1. The summed E-state index contributed by atoms with van der Waals surface area (Å²) in [6.45, 7) is 6.43. The number of hydrogen-bond acceptors (Lipinski definition) is 4. The molecule has 7 heteroatoms. The van der Waals surface area contributed by atoms with Gasteiger partial charge in [-0.15, -0.1) is 0 Å². The van der Waals surface area contributed by atoms with Gasteiger partial charge >= 0.3 is 5.69 Å². The van der Waals surface area contributed by atoms with E-state index in [1.54, 1.807) is 0 Å². The number of nitro benzene ring substituents is 1. The highest BCUT2D eigenvalue weighted by Crippen LogP contribution is 2.21. The lowest BCUT2D eigenvalue weighted by Crippen LogP contribution is -2.37. The Morgan fingerprint density at radius 2 is 2.05 bits per heavy atom. The molecule has 1 aromatic carbocycles. The maximum Gasteiger partial charge on any atom is 0.306 e. The molecule has 0 aliphatic heterocycles. The average Bonchev–Trinajstić information content (AvgIpc) is 2.29. The van der Waals surface area contributed by atoms with Crippen LogP contribution < -0.4 is 10.6 Å². The van der Waals surface area contributed by atoms with E-state index in [1.807, 2.05) is 20.8 Å². The molecule has 0 unspecified atom stereocenters. The number of nitrogens with one attached hydrogen (secondary N) is 2. The van der Waals surface area contributed by atoms with E-state index >= 15 is 0 Å². The van der Waals surface area contributed by atoms with Crippen molar-refractivity contribution in [3.63, 3.8) is 0 Å². The summed E-state index contributed by atoms with van der Waals surface area (Å²) in [4.78, 5) is 21.4. The first-order valence-corrected chi connectivity index (χ1v) is 6.18. The zero-order valence-electron chi connectivity index (χ0n) is 11.7. The maximum absolute atomic E-state index is 13.1. The van der Waals surface area contributed by atoms with Crippen molar-refractivity contribution >= 4 is 17.3 Å². The minimum Gasteiger partial charge on any atom is -0.326 e. The molecule has 0 aliphatic rings. The summed E-state index contributed by atoms with van der Waals surface area (Å²) >= 11 is 0. The summed E-state index contributed by atoms with van der Waals surface area (Å²) in [6, 6.07) is 3.25. The van der Waals surface area contributed by atoms with Crippen LogP contribution >= 0.6 is 0 Å². The molecule has 0 saturated carbocycles. The first-order chi connectivity index (χ1) is 9.19. The van der Waals surface area contributed by atoms with E-state index in [-0.39, 0.29) is 23.6 Å². The molecule has 20 heavy (non-hydrogen) atoms. The van der Waals surface area contributed by atoms with Crippen molar-refractivity contribution in [3.05, 3.63) is 34.1 Å². The lowest BCUT2D eigenvalue weighted by atomic mass is 10.1. The van der Waals surface area contributed by atoms with Gasteiger partial charge in [0.2, 0.25) is 11.7 Å². The monoisotopic (exact) mass is 283 g/mol. The molecule has 0 saturated heterocycles. The summed E-state index contributed by atoms with van der Waals surface area (Å²) in [5, 5.41) is 16.2. The van der Waals surface area contributed by atoms with Crippen molar-refractivity contribution in [3.8, 4) is 0 Å². The lowest BCUT2D eigenvalue weighted by molar-refractivity contribution is -0.387. The number of anilines is 1. The van der Waals surface area contributed by atoms with E-state index in [1.165, 1.54) is 6.07 Å². The summed E-state index contributed by atoms with van der Waals surface area (Å²) in [6.07, 6.45) is 0.225. The number of carbonyl (C=O) groups excluding carboxylic acids is 1. The second-order valence-corrected chi connectivity index (χ2v) is 5.40. The number of hydrogen-bond donors (Lipinski definition) is 2. The number of nitrogens with zero attached hydrogens (tertiary/aromatic N) is 1. The molecule has 0 aliphatic carbocycles. The van der Waals surface area contributed by atoms with E-state index in [4.69, 9.17) is 0 Å². The SMILES string of the molecule is CC(C)(C)NCCC(=O)Nc1ccc(F)c([N+](=O)[O-])c1. The Bertz CT molecular complexity index is 512. The number of benzene rings is 1. The minimum absolute atomic E-state index is 0.0884. The second-order valence-electron chi connectivity index (χ2n) is 5.40. The first kappa shape index (κ1) is 16.0. The fraction of sp³-hybridized carbons (Fsp3) is 0.462. The molecule has 0 aromatic heterocycles. The Hall–Kier alpha value is -2.02. The van der Waals surface area contributed by atoms with Crippen LogP contribution in [-0.4, -0.2) is 22.9 Å². The van der Waals surface area contributed by atoms with Gasteiger partial charge in [0, 0.05) is 30.3 Å². The van der Waals surface area contributed by atoms with Crippen molar-refractivity contribution < 1.29 is 14.1 Å². The van der Waals surface area contributed by atoms with Gasteiger partial charge in [-0.1, -0.05) is 0 Å². The van der Waals surface area contributed by atoms with Crippen molar-refractivity contribution in [2.75, 3.05) is 11.9 Å². The van der Waals surface area contributed by atoms with Crippen LogP contribution in [0.25, 0.3) is 0 Å². The van der Waals surface area contributed by atoms with Crippen LogP contribution in [0.4, 0.5) is 15.8 Å².